The molecule has 1 atom stereocenters. The van der Waals surface area contributed by atoms with E-state index in [1.54, 1.807) is 14.0 Å². The molecule has 2 rings (SSSR count). The molecule has 1 N–H and O–H groups in total. The van der Waals surface area contributed by atoms with E-state index in [9.17, 15) is 9.90 Å². The third-order valence-corrected chi connectivity index (χ3v) is 4.99. The Morgan fingerprint density at radius 1 is 1.09 bits per heavy atom. The van der Waals surface area contributed by atoms with Gasteiger partial charge in [-0.3, -0.25) is 4.79 Å². The highest BCUT2D eigenvalue weighted by atomic mass is 32.2. The van der Waals surface area contributed by atoms with Crippen LogP contribution in [-0.2, 0) is 17.0 Å². The van der Waals surface area contributed by atoms with Gasteiger partial charge in [-0.1, -0.05) is 42.5 Å². The third-order valence-electron chi connectivity index (χ3n) is 3.55. The summed E-state index contributed by atoms with van der Waals surface area (Å²) in [7, 11) is 1.63. The van der Waals surface area contributed by atoms with Crippen LogP contribution in [0.1, 0.15) is 18.1 Å². The lowest BCUT2D eigenvalue weighted by atomic mass is 10.0. The summed E-state index contributed by atoms with van der Waals surface area (Å²) in [5.74, 6) is 0.675. The van der Waals surface area contributed by atoms with Crippen molar-refractivity contribution < 1.29 is 14.6 Å². The van der Waals surface area contributed by atoms with Gasteiger partial charge in [-0.25, -0.2) is 0 Å². The van der Waals surface area contributed by atoms with E-state index < -0.39 is 10.7 Å². The summed E-state index contributed by atoms with van der Waals surface area (Å²) in [4.78, 5) is 11.7. The minimum Gasteiger partial charge on any atom is -0.497 e. The maximum atomic E-state index is 11.7. The Balaban J connectivity index is 2.05. The standard InChI is InChI=1S/C18H20O3S/c1-18(17(19)20,12-14-6-4-3-5-7-14)22-13-15-8-10-16(21-2)11-9-15/h3-11H,12-13H2,1-2H3,(H,19,20). The largest absolute Gasteiger partial charge is 0.497 e. The predicted molar refractivity (Wildman–Crippen MR) is 90.5 cm³/mol. The second kappa shape index (κ2) is 7.36. The Morgan fingerprint density at radius 3 is 2.27 bits per heavy atom. The van der Waals surface area contributed by atoms with E-state index in [4.69, 9.17) is 4.74 Å². The monoisotopic (exact) mass is 316 g/mol. The number of ether oxygens (including phenoxy) is 1. The molecule has 0 amide bonds. The van der Waals surface area contributed by atoms with Crippen molar-refractivity contribution >= 4 is 17.7 Å². The van der Waals surface area contributed by atoms with Crippen LogP contribution in [-0.4, -0.2) is 22.9 Å². The van der Waals surface area contributed by atoms with Crippen LogP contribution in [0.3, 0.4) is 0 Å². The van der Waals surface area contributed by atoms with Crippen LogP contribution in [0, 0.1) is 0 Å². The van der Waals surface area contributed by atoms with Gasteiger partial charge in [0.15, 0.2) is 0 Å². The van der Waals surface area contributed by atoms with Crippen molar-refractivity contribution in [3.8, 4) is 5.75 Å². The van der Waals surface area contributed by atoms with Crippen molar-refractivity contribution in [1.29, 1.82) is 0 Å². The van der Waals surface area contributed by atoms with Crippen LogP contribution in [0.2, 0.25) is 0 Å². The van der Waals surface area contributed by atoms with Crippen molar-refractivity contribution in [2.75, 3.05) is 7.11 Å². The Morgan fingerprint density at radius 2 is 1.73 bits per heavy atom. The minimum atomic E-state index is -0.846. The van der Waals surface area contributed by atoms with Gasteiger partial charge in [-0.2, -0.15) is 0 Å². The molecule has 0 heterocycles. The molecule has 0 aromatic heterocycles. The quantitative estimate of drug-likeness (QED) is 0.838. The average Bonchev–Trinajstić information content (AvgIpc) is 2.54. The van der Waals surface area contributed by atoms with Gasteiger partial charge in [0.2, 0.25) is 0 Å². The fraction of sp³-hybridized carbons (Fsp3) is 0.278. The molecule has 0 fully saturated rings. The molecule has 1 unspecified atom stereocenters. The molecular formula is C18H20O3S. The summed E-state index contributed by atoms with van der Waals surface area (Å²) < 4.78 is 4.28. The lowest BCUT2D eigenvalue weighted by Crippen LogP contribution is -2.34. The Labute approximate surface area is 135 Å². The first-order chi connectivity index (χ1) is 10.5. The molecule has 0 radical (unpaired) electrons. The highest BCUT2D eigenvalue weighted by Crippen LogP contribution is 2.32. The molecule has 0 saturated heterocycles. The average molecular weight is 316 g/mol. The number of aliphatic carboxylic acids is 1. The van der Waals surface area contributed by atoms with Crippen LogP contribution >= 0.6 is 11.8 Å². The van der Waals surface area contributed by atoms with Crippen LogP contribution in [0.15, 0.2) is 54.6 Å². The highest BCUT2D eigenvalue weighted by Gasteiger charge is 2.33. The maximum Gasteiger partial charge on any atom is 0.319 e. The molecule has 3 nitrogen and oxygen atoms in total. The Bertz CT molecular complexity index is 610. The van der Waals surface area contributed by atoms with Crippen molar-refractivity contribution in [3.63, 3.8) is 0 Å². The summed E-state index contributed by atoms with van der Waals surface area (Å²) in [5, 5.41) is 9.61. The number of carboxylic acid groups (broad SMARTS) is 1. The van der Waals surface area contributed by atoms with Gasteiger partial charge in [0, 0.05) is 5.75 Å². The first kappa shape index (κ1) is 16.4. The summed E-state index contributed by atoms with van der Waals surface area (Å²) >= 11 is 1.45. The van der Waals surface area contributed by atoms with E-state index in [1.165, 1.54) is 11.8 Å². The van der Waals surface area contributed by atoms with Crippen molar-refractivity contribution in [2.45, 2.75) is 23.8 Å². The zero-order valence-electron chi connectivity index (χ0n) is 12.8. The van der Waals surface area contributed by atoms with Crippen LogP contribution in [0.25, 0.3) is 0 Å². The smallest absolute Gasteiger partial charge is 0.319 e. The van der Waals surface area contributed by atoms with Crippen molar-refractivity contribution in [2.24, 2.45) is 0 Å². The van der Waals surface area contributed by atoms with Crippen molar-refractivity contribution in [3.05, 3.63) is 65.7 Å². The molecule has 0 spiro atoms. The first-order valence-electron chi connectivity index (χ1n) is 7.08. The zero-order valence-corrected chi connectivity index (χ0v) is 13.6. The summed E-state index contributed by atoms with van der Waals surface area (Å²) in [5.41, 5.74) is 2.13. The predicted octanol–water partition coefficient (Wildman–Crippen LogP) is 4.01. The lowest BCUT2D eigenvalue weighted by Gasteiger charge is -2.24. The fourth-order valence-electron chi connectivity index (χ4n) is 2.14. The second-order valence-electron chi connectivity index (χ2n) is 5.34. The highest BCUT2D eigenvalue weighted by molar-refractivity contribution is 8.00. The molecule has 4 heteroatoms. The zero-order chi connectivity index (χ0) is 16.0. The van der Waals surface area contributed by atoms with Crippen LogP contribution in [0.4, 0.5) is 0 Å². The number of carboxylic acids is 1. The van der Waals surface area contributed by atoms with E-state index >= 15 is 0 Å². The maximum absolute atomic E-state index is 11.7. The number of hydrogen-bond acceptors (Lipinski definition) is 3. The molecule has 0 aliphatic heterocycles. The molecule has 0 bridgehead atoms. The Kier molecular flexibility index (Phi) is 5.50. The minimum absolute atomic E-state index is 0.504. The molecule has 2 aromatic rings. The summed E-state index contributed by atoms with van der Waals surface area (Å²) in [6, 6.07) is 17.5. The van der Waals surface area contributed by atoms with Gasteiger partial charge in [0.25, 0.3) is 0 Å². The number of benzene rings is 2. The SMILES string of the molecule is COc1ccc(CSC(C)(Cc2ccccc2)C(=O)O)cc1. The van der Waals surface area contributed by atoms with Gasteiger partial charge >= 0.3 is 5.97 Å². The molecule has 0 aliphatic carbocycles. The molecule has 2 aromatic carbocycles. The number of carbonyl (C=O) groups is 1. The normalized spacial score (nSPS) is 13.4. The van der Waals surface area contributed by atoms with Gasteiger partial charge < -0.3 is 9.84 Å². The molecule has 0 saturated carbocycles. The van der Waals surface area contributed by atoms with Gasteiger partial charge in [-0.05, 0) is 36.6 Å². The Hall–Kier alpha value is -1.94. The summed E-state index contributed by atoms with van der Waals surface area (Å²) in [6.07, 6.45) is 0.504. The van der Waals surface area contributed by atoms with E-state index in [2.05, 4.69) is 0 Å². The number of rotatable bonds is 7. The third kappa shape index (κ3) is 4.28. The summed E-state index contributed by atoms with van der Waals surface area (Å²) in [6.45, 7) is 1.79. The van der Waals surface area contributed by atoms with E-state index in [0.29, 0.717) is 12.2 Å². The number of hydrogen-bond donors (Lipinski definition) is 1. The van der Waals surface area contributed by atoms with Gasteiger partial charge in [-0.15, -0.1) is 11.8 Å². The molecule has 116 valence electrons. The van der Waals surface area contributed by atoms with Crippen LogP contribution < -0.4 is 4.74 Å². The van der Waals surface area contributed by atoms with Gasteiger partial charge in [0.1, 0.15) is 10.5 Å². The molecule has 22 heavy (non-hydrogen) atoms. The van der Waals surface area contributed by atoms with Crippen molar-refractivity contribution in [1.82, 2.24) is 0 Å². The molecule has 0 aliphatic rings. The topological polar surface area (TPSA) is 46.5 Å². The first-order valence-corrected chi connectivity index (χ1v) is 8.06. The number of thioether (sulfide) groups is 1. The van der Waals surface area contributed by atoms with E-state index in [0.717, 1.165) is 16.9 Å². The fourth-order valence-corrected chi connectivity index (χ4v) is 3.21. The van der Waals surface area contributed by atoms with Crippen LogP contribution in [0.5, 0.6) is 5.75 Å². The number of methoxy groups -OCH3 is 1. The lowest BCUT2D eigenvalue weighted by molar-refractivity contribution is -0.139. The van der Waals surface area contributed by atoms with E-state index in [1.807, 2.05) is 54.6 Å². The molecular weight excluding hydrogens is 296 g/mol. The second-order valence-corrected chi connectivity index (χ2v) is 6.81. The van der Waals surface area contributed by atoms with Gasteiger partial charge in [0.05, 0.1) is 7.11 Å². The van der Waals surface area contributed by atoms with E-state index in [-0.39, 0.29) is 0 Å².